The Bertz CT molecular complexity index is 895. The van der Waals surface area contributed by atoms with Gasteiger partial charge in [-0.2, -0.15) is 13.2 Å². The Morgan fingerprint density at radius 2 is 1.91 bits per heavy atom. The Labute approximate surface area is 193 Å². The molecule has 2 rings (SSSR count). The first-order chi connectivity index (χ1) is 15.2. The predicted molar refractivity (Wildman–Crippen MR) is 115 cm³/mol. The number of likely N-dealkylation sites (tertiary alicyclic amines) is 1. The topological polar surface area (TPSA) is 114 Å². The maximum Gasteiger partial charge on any atom is 0.445 e. The summed E-state index contributed by atoms with van der Waals surface area (Å²) in [5.74, 6) is -0.910. The van der Waals surface area contributed by atoms with Gasteiger partial charge in [-0.25, -0.2) is 4.79 Å². The largest absolute Gasteiger partial charge is 0.445 e. The van der Waals surface area contributed by atoms with Crippen molar-refractivity contribution in [1.82, 2.24) is 20.4 Å². The van der Waals surface area contributed by atoms with Crippen LogP contribution in [-0.2, 0) is 20.5 Å². The summed E-state index contributed by atoms with van der Waals surface area (Å²) in [7, 11) is 0. The summed E-state index contributed by atoms with van der Waals surface area (Å²) in [4.78, 5) is 38.4. The fourth-order valence-electron chi connectivity index (χ4n) is 2.91. The summed E-state index contributed by atoms with van der Waals surface area (Å²) in [6.07, 6.45) is -1.64. The molecule has 2 N–H and O–H groups in total. The highest BCUT2D eigenvalue weighted by molar-refractivity contribution is 7.15. The van der Waals surface area contributed by atoms with E-state index in [1.54, 1.807) is 20.8 Å². The van der Waals surface area contributed by atoms with Gasteiger partial charge in [0.05, 0.1) is 0 Å². The second-order valence-electron chi connectivity index (χ2n) is 8.98. The fourth-order valence-corrected chi connectivity index (χ4v) is 3.52. The zero-order valence-corrected chi connectivity index (χ0v) is 19.8. The van der Waals surface area contributed by atoms with Crippen molar-refractivity contribution in [2.24, 2.45) is 5.92 Å². The van der Waals surface area contributed by atoms with Crippen molar-refractivity contribution in [2.75, 3.05) is 11.9 Å². The number of nitrogens with zero attached hydrogens (tertiary/aromatic N) is 3. The predicted octanol–water partition coefficient (Wildman–Crippen LogP) is 3.59. The molecule has 1 aromatic rings. The number of rotatable bonds is 7. The fraction of sp³-hybridized carbons (Fsp3) is 0.650. The minimum Gasteiger partial charge on any atom is -0.444 e. The van der Waals surface area contributed by atoms with E-state index in [2.05, 4.69) is 20.8 Å². The van der Waals surface area contributed by atoms with Crippen LogP contribution in [-0.4, -0.2) is 57.2 Å². The Balaban J connectivity index is 1.97. The highest BCUT2D eigenvalue weighted by atomic mass is 32.1. The Morgan fingerprint density at radius 1 is 1.24 bits per heavy atom. The van der Waals surface area contributed by atoms with Crippen molar-refractivity contribution in [1.29, 1.82) is 0 Å². The lowest BCUT2D eigenvalue weighted by atomic mass is 10.00. The molecule has 1 aromatic heterocycles. The van der Waals surface area contributed by atoms with Crippen molar-refractivity contribution < 1.29 is 32.3 Å². The van der Waals surface area contributed by atoms with E-state index in [1.807, 2.05) is 13.8 Å². The van der Waals surface area contributed by atoms with Gasteiger partial charge in [-0.05, 0) is 39.5 Å². The maximum atomic E-state index is 12.7. The number of anilines is 1. The standard InChI is InChI=1S/C20H28F3N5O4S/c1-11(2)10-12(6-7-14(29)25-17-27-26-16(33-17)20(21,22)23)24-15(30)13-8-9-28(13)18(31)32-19(3,4)5/h6-7,11-13H,8-10H2,1-5H3,(H,24,30)(H,25,27,29). The third-order valence-electron chi connectivity index (χ3n) is 4.38. The third-order valence-corrected chi connectivity index (χ3v) is 5.26. The second kappa shape index (κ2) is 10.5. The molecule has 0 saturated carbocycles. The molecule has 184 valence electrons. The van der Waals surface area contributed by atoms with Crippen molar-refractivity contribution in [3.8, 4) is 0 Å². The molecule has 1 saturated heterocycles. The number of hydrogen-bond acceptors (Lipinski definition) is 7. The number of carbonyl (C=O) groups excluding carboxylic acids is 3. The molecule has 3 amide bonds. The minimum absolute atomic E-state index is 0.170. The molecule has 1 aliphatic rings. The van der Waals surface area contributed by atoms with Crippen LogP contribution in [0.2, 0.25) is 0 Å². The molecule has 0 aliphatic carbocycles. The average Bonchev–Trinajstić information content (AvgIpc) is 3.05. The number of halogens is 3. The highest BCUT2D eigenvalue weighted by Crippen LogP contribution is 2.33. The van der Waals surface area contributed by atoms with Crippen LogP contribution in [0, 0.1) is 5.92 Å². The highest BCUT2D eigenvalue weighted by Gasteiger charge is 2.40. The number of aromatic nitrogens is 2. The van der Waals surface area contributed by atoms with Gasteiger partial charge >= 0.3 is 12.3 Å². The molecule has 0 spiro atoms. The molecule has 33 heavy (non-hydrogen) atoms. The Hall–Kier alpha value is -2.70. The summed E-state index contributed by atoms with van der Waals surface area (Å²) >= 11 is 0.213. The van der Waals surface area contributed by atoms with Gasteiger partial charge in [0, 0.05) is 18.7 Å². The number of alkyl halides is 3. The average molecular weight is 492 g/mol. The van der Waals surface area contributed by atoms with Crippen molar-refractivity contribution in [3.05, 3.63) is 17.2 Å². The van der Waals surface area contributed by atoms with Crippen LogP contribution in [0.15, 0.2) is 12.2 Å². The quantitative estimate of drug-likeness (QED) is 0.564. The third kappa shape index (κ3) is 8.30. The zero-order valence-electron chi connectivity index (χ0n) is 19.0. The molecule has 2 unspecified atom stereocenters. The van der Waals surface area contributed by atoms with Crippen molar-refractivity contribution >= 4 is 34.4 Å². The first-order valence-electron chi connectivity index (χ1n) is 10.4. The van der Waals surface area contributed by atoms with E-state index in [4.69, 9.17) is 4.74 Å². The number of ether oxygens (including phenoxy) is 1. The first-order valence-corrected chi connectivity index (χ1v) is 11.2. The molecular weight excluding hydrogens is 463 g/mol. The van der Waals surface area contributed by atoms with Gasteiger partial charge < -0.3 is 10.1 Å². The maximum absolute atomic E-state index is 12.7. The molecule has 9 nitrogen and oxygen atoms in total. The Morgan fingerprint density at radius 3 is 2.39 bits per heavy atom. The molecule has 0 aromatic carbocycles. The van der Waals surface area contributed by atoms with Gasteiger partial charge in [-0.1, -0.05) is 31.3 Å². The van der Waals surface area contributed by atoms with E-state index in [-0.39, 0.29) is 28.3 Å². The van der Waals surface area contributed by atoms with Gasteiger partial charge in [-0.15, -0.1) is 10.2 Å². The van der Waals surface area contributed by atoms with Crippen molar-refractivity contribution in [2.45, 2.75) is 71.3 Å². The van der Waals surface area contributed by atoms with E-state index in [1.165, 1.54) is 11.0 Å². The zero-order chi connectivity index (χ0) is 25.0. The summed E-state index contributed by atoms with van der Waals surface area (Å²) < 4.78 is 43.1. The number of carbonyl (C=O) groups is 3. The lowest BCUT2D eigenvalue weighted by Gasteiger charge is -2.40. The second-order valence-corrected chi connectivity index (χ2v) is 9.96. The molecule has 2 heterocycles. The summed E-state index contributed by atoms with van der Waals surface area (Å²) in [6.45, 7) is 9.48. The van der Waals surface area contributed by atoms with Crippen LogP contribution < -0.4 is 10.6 Å². The molecular formula is C20H28F3N5O4S. The van der Waals surface area contributed by atoms with Crippen LogP contribution in [0.5, 0.6) is 0 Å². The van der Waals surface area contributed by atoms with E-state index >= 15 is 0 Å². The summed E-state index contributed by atoms with van der Waals surface area (Å²) in [6, 6.07) is -1.19. The van der Waals surface area contributed by atoms with E-state index in [0.717, 1.165) is 6.08 Å². The molecule has 1 fully saturated rings. The SMILES string of the molecule is CC(C)CC(C=CC(=O)Nc1nnc(C(F)(F)F)s1)NC(=O)C1CCN1C(=O)OC(C)(C)C. The number of hydrogen-bond donors (Lipinski definition) is 2. The molecule has 13 heteroatoms. The molecule has 2 atom stereocenters. The normalized spacial score (nSPS) is 17.6. The van der Waals surface area contributed by atoms with Gasteiger partial charge in [-0.3, -0.25) is 19.8 Å². The van der Waals surface area contributed by atoms with Crippen LogP contribution >= 0.6 is 11.3 Å². The van der Waals surface area contributed by atoms with Gasteiger partial charge in [0.25, 0.3) is 0 Å². The van der Waals surface area contributed by atoms with E-state index in [0.29, 0.717) is 19.4 Å². The molecule has 1 aliphatic heterocycles. The first kappa shape index (κ1) is 26.6. The van der Waals surface area contributed by atoms with Crippen LogP contribution in [0.4, 0.5) is 23.1 Å². The minimum atomic E-state index is -4.64. The molecule has 0 bridgehead atoms. The van der Waals surface area contributed by atoms with Gasteiger partial charge in [0.2, 0.25) is 22.0 Å². The van der Waals surface area contributed by atoms with Gasteiger partial charge in [0.15, 0.2) is 0 Å². The summed E-state index contributed by atoms with van der Waals surface area (Å²) in [5, 5.41) is 9.88. The van der Waals surface area contributed by atoms with E-state index < -0.39 is 40.9 Å². The monoisotopic (exact) mass is 491 g/mol. The smallest absolute Gasteiger partial charge is 0.444 e. The van der Waals surface area contributed by atoms with Gasteiger partial charge in [0.1, 0.15) is 11.6 Å². The number of amides is 3. The van der Waals surface area contributed by atoms with Crippen LogP contribution in [0.3, 0.4) is 0 Å². The molecule has 0 radical (unpaired) electrons. The van der Waals surface area contributed by atoms with Crippen molar-refractivity contribution in [3.63, 3.8) is 0 Å². The number of nitrogens with one attached hydrogen (secondary N) is 2. The van der Waals surface area contributed by atoms with E-state index in [9.17, 15) is 27.6 Å². The lowest BCUT2D eigenvalue weighted by Crippen LogP contribution is -2.60. The lowest BCUT2D eigenvalue weighted by molar-refractivity contribution is -0.138. The Kier molecular flexibility index (Phi) is 8.44. The summed E-state index contributed by atoms with van der Waals surface area (Å²) in [5.41, 5.74) is -0.683. The van der Waals surface area contributed by atoms with Crippen LogP contribution in [0.1, 0.15) is 52.5 Å². The van der Waals surface area contributed by atoms with Crippen LogP contribution in [0.25, 0.3) is 0 Å².